The predicted octanol–water partition coefficient (Wildman–Crippen LogP) is 0.756. The Morgan fingerprint density at radius 1 is 1.27 bits per heavy atom. The summed E-state index contributed by atoms with van der Waals surface area (Å²) >= 11 is -1.89. The SMILES string of the molecule is Brc1cccnc1.CC(=O)Nc1c(O)cccc1[As](=O)(O)O. The van der Waals surface area contributed by atoms with Gasteiger partial charge in [0.1, 0.15) is 0 Å². The average molecular weight is 433 g/mol. The van der Waals surface area contributed by atoms with Crippen LogP contribution in [0, 0.1) is 0 Å². The monoisotopic (exact) mass is 432 g/mol. The number of phenolic OH excluding ortho intramolecular Hbond substituents is 1. The van der Waals surface area contributed by atoms with Gasteiger partial charge in [-0.1, -0.05) is 0 Å². The number of para-hydroxylation sites is 1. The number of rotatable bonds is 2. The number of anilines is 1. The Hall–Kier alpha value is -1.60. The molecule has 0 radical (unpaired) electrons. The number of benzene rings is 1. The van der Waals surface area contributed by atoms with E-state index >= 15 is 0 Å². The molecule has 0 aliphatic rings. The number of halogens is 1. The topological polar surface area (TPSA) is 120 Å². The number of nitrogens with one attached hydrogen (secondary N) is 1. The van der Waals surface area contributed by atoms with Crippen LogP contribution in [0.4, 0.5) is 5.69 Å². The molecule has 0 aliphatic heterocycles. The summed E-state index contributed by atoms with van der Waals surface area (Å²) in [5, 5.41) is 11.5. The molecular formula is C13H14AsBrN2O5. The van der Waals surface area contributed by atoms with Crippen molar-refractivity contribution in [3.05, 3.63) is 47.2 Å². The van der Waals surface area contributed by atoms with Gasteiger partial charge in [0.05, 0.1) is 0 Å². The Balaban J connectivity index is 0.000000287. The van der Waals surface area contributed by atoms with Crippen molar-refractivity contribution in [2.75, 3.05) is 5.32 Å². The van der Waals surface area contributed by atoms with Crippen molar-refractivity contribution in [1.82, 2.24) is 4.98 Å². The van der Waals surface area contributed by atoms with Crippen LogP contribution in [0.25, 0.3) is 0 Å². The number of aromatic nitrogens is 1. The number of nitrogens with zero attached hydrogens (tertiary/aromatic N) is 1. The molecule has 0 aliphatic carbocycles. The van der Waals surface area contributed by atoms with E-state index in [0.29, 0.717) is 0 Å². The number of carbonyl (C=O) groups excluding carboxylic acids is 1. The maximum atomic E-state index is 11.1. The molecule has 118 valence electrons. The molecule has 0 spiro atoms. The molecule has 2 rings (SSSR count). The normalized spacial score (nSPS) is 10.4. The van der Waals surface area contributed by atoms with Gasteiger partial charge in [0.25, 0.3) is 0 Å². The summed E-state index contributed by atoms with van der Waals surface area (Å²) in [6.07, 6.45) is 3.49. The predicted molar refractivity (Wildman–Crippen MR) is 84.9 cm³/mol. The molecule has 7 nitrogen and oxygen atoms in total. The molecule has 1 amide bonds. The van der Waals surface area contributed by atoms with Crippen molar-refractivity contribution < 1.29 is 21.8 Å². The molecule has 1 aromatic carbocycles. The summed E-state index contributed by atoms with van der Waals surface area (Å²) in [5.41, 5.74) is -0.225. The van der Waals surface area contributed by atoms with Crippen molar-refractivity contribution in [3.63, 3.8) is 0 Å². The third kappa shape index (κ3) is 6.03. The average Bonchev–Trinajstić information content (AvgIpc) is 2.41. The van der Waals surface area contributed by atoms with E-state index in [2.05, 4.69) is 26.2 Å². The second-order valence-electron chi connectivity index (χ2n) is 4.07. The third-order valence-electron chi connectivity index (χ3n) is 2.26. The Kier molecular flexibility index (Phi) is 6.83. The van der Waals surface area contributed by atoms with Crippen LogP contribution in [-0.2, 0) is 8.53 Å². The second kappa shape index (κ2) is 8.14. The van der Waals surface area contributed by atoms with Crippen LogP contribution in [0.2, 0.25) is 0 Å². The summed E-state index contributed by atoms with van der Waals surface area (Å²) < 4.78 is 29.8. The minimum absolute atomic E-state index is 0.225. The fraction of sp³-hybridized carbons (Fsp3) is 0.0769. The van der Waals surface area contributed by atoms with Gasteiger partial charge in [0, 0.05) is 16.9 Å². The first-order valence-corrected chi connectivity index (χ1v) is 10.1. The van der Waals surface area contributed by atoms with Gasteiger partial charge >= 0.3 is 88.1 Å². The fourth-order valence-electron chi connectivity index (χ4n) is 1.42. The number of pyridine rings is 1. The first kappa shape index (κ1) is 18.4. The molecule has 0 saturated heterocycles. The zero-order valence-corrected chi connectivity index (χ0v) is 14.9. The van der Waals surface area contributed by atoms with Crippen LogP contribution in [0.1, 0.15) is 6.92 Å². The Bertz CT molecular complexity index is 690. The first-order chi connectivity index (χ1) is 10.2. The van der Waals surface area contributed by atoms with Gasteiger partial charge in [-0.2, -0.15) is 0 Å². The second-order valence-corrected chi connectivity index (χ2v) is 8.28. The zero-order chi connectivity index (χ0) is 16.8. The van der Waals surface area contributed by atoms with Gasteiger partial charge in [-0.25, -0.2) is 0 Å². The summed E-state index contributed by atoms with van der Waals surface area (Å²) in [5.74, 6) is -0.880. The van der Waals surface area contributed by atoms with Crippen molar-refractivity contribution in [2.45, 2.75) is 6.92 Å². The van der Waals surface area contributed by atoms with E-state index in [1.807, 2.05) is 12.1 Å². The Labute approximate surface area is 138 Å². The van der Waals surface area contributed by atoms with E-state index in [9.17, 15) is 13.6 Å². The molecule has 9 heteroatoms. The number of carbonyl (C=O) groups is 1. The summed E-state index contributed by atoms with van der Waals surface area (Å²) in [6, 6.07) is 7.53. The number of hydrogen-bond donors (Lipinski definition) is 4. The van der Waals surface area contributed by atoms with Crippen molar-refractivity contribution in [2.24, 2.45) is 0 Å². The van der Waals surface area contributed by atoms with E-state index in [0.717, 1.165) is 4.47 Å². The van der Waals surface area contributed by atoms with Gasteiger partial charge in [0.2, 0.25) is 0 Å². The van der Waals surface area contributed by atoms with E-state index in [1.165, 1.54) is 25.1 Å². The molecule has 0 unspecified atom stereocenters. The minimum atomic E-state index is -5.14. The molecule has 2 aromatic rings. The maximum absolute atomic E-state index is 11.1. The van der Waals surface area contributed by atoms with Crippen LogP contribution in [0.3, 0.4) is 0 Å². The van der Waals surface area contributed by atoms with Crippen LogP contribution >= 0.6 is 15.9 Å². The fourth-order valence-corrected chi connectivity index (χ4v) is 3.24. The number of amides is 1. The number of phenols is 1. The van der Waals surface area contributed by atoms with E-state index < -0.39 is 20.1 Å². The molecule has 1 aromatic heterocycles. The summed E-state index contributed by atoms with van der Waals surface area (Å²) in [4.78, 5) is 14.6. The van der Waals surface area contributed by atoms with Gasteiger partial charge in [0.15, 0.2) is 0 Å². The van der Waals surface area contributed by atoms with Crippen LogP contribution in [0.15, 0.2) is 47.2 Å². The Morgan fingerprint density at radius 3 is 2.36 bits per heavy atom. The van der Waals surface area contributed by atoms with Crippen molar-refractivity contribution in [1.29, 1.82) is 0 Å². The molecular weight excluding hydrogens is 419 g/mol. The van der Waals surface area contributed by atoms with E-state index in [1.54, 1.807) is 12.4 Å². The van der Waals surface area contributed by atoms with E-state index in [4.69, 9.17) is 8.19 Å². The van der Waals surface area contributed by atoms with E-state index in [-0.39, 0.29) is 15.8 Å². The van der Waals surface area contributed by atoms with Gasteiger partial charge in [-0.3, -0.25) is 4.98 Å². The summed E-state index contributed by atoms with van der Waals surface area (Å²) in [7, 11) is 0. The number of hydrogen-bond acceptors (Lipinski definition) is 4. The Morgan fingerprint density at radius 2 is 1.95 bits per heavy atom. The molecule has 1 heterocycles. The number of aromatic hydroxyl groups is 1. The van der Waals surface area contributed by atoms with Gasteiger partial charge < -0.3 is 0 Å². The standard InChI is InChI=1S/C8H10AsNO5.C5H4BrN/c1-5(11)10-8-6(9(13,14)15)3-2-4-7(8)12;6-5-2-1-3-7-4-5/h2-4,12H,1H3,(H,10,11)(H2,13,14,15);1-4H. The third-order valence-corrected chi connectivity index (χ3v) is 4.83. The molecule has 0 saturated carbocycles. The molecule has 4 N–H and O–H groups in total. The van der Waals surface area contributed by atoms with Gasteiger partial charge in [-0.15, -0.1) is 0 Å². The van der Waals surface area contributed by atoms with Gasteiger partial charge in [-0.05, 0) is 28.1 Å². The molecule has 0 atom stereocenters. The van der Waals surface area contributed by atoms with Crippen molar-refractivity contribution in [3.8, 4) is 5.75 Å². The first-order valence-electron chi connectivity index (χ1n) is 5.93. The molecule has 22 heavy (non-hydrogen) atoms. The van der Waals surface area contributed by atoms with Crippen LogP contribution in [-0.4, -0.2) is 38.4 Å². The molecule has 0 bridgehead atoms. The molecule has 0 fully saturated rings. The zero-order valence-electron chi connectivity index (χ0n) is 11.5. The van der Waals surface area contributed by atoms with Crippen molar-refractivity contribution >= 4 is 46.0 Å². The quantitative estimate of drug-likeness (QED) is 0.410. The van der Waals surface area contributed by atoms with Crippen LogP contribution in [0.5, 0.6) is 5.75 Å². The van der Waals surface area contributed by atoms with Crippen LogP contribution < -0.4 is 9.67 Å². The summed E-state index contributed by atoms with van der Waals surface area (Å²) in [6.45, 7) is 1.18.